The lowest BCUT2D eigenvalue weighted by Crippen LogP contribution is -2.48. The van der Waals surface area contributed by atoms with Crippen LogP contribution < -0.4 is 29.3 Å². The molecule has 0 bridgehead atoms. The van der Waals surface area contributed by atoms with Crippen LogP contribution in [0.3, 0.4) is 0 Å². The molecule has 4 atom stereocenters. The van der Waals surface area contributed by atoms with Crippen molar-refractivity contribution in [1.82, 2.24) is 45.7 Å². The number of amides is 4. The van der Waals surface area contributed by atoms with E-state index < -0.39 is 49.6 Å². The topological polar surface area (TPSA) is 253 Å². The number of halogens is 7. The first kappa shape index (κ1) is 74.1. The second-order valence-electron chi connectivity index (χ2n) is 17.7. The van der Waals surface area contributed by atoms with Crippen LogP contribution in [-0.2, 0) is 82.5 Å². The molecular formula is C53H60Br6FN11O10S4. The fourth-order valence-corrected chi connectivity index (χ4v) is 13.2. The van der Waals surface area contributed by atoms with Crippen molar-refractivity contribution in [2.45, 2.75) is 67.7 Å². The molecule has 4 aromatic carbocycles. The minimum absolute atomic E-state index is 0. The highest BCUT2D eigenvalue weighted by atomic mass is 80.9. The molecule has 4 N–H and O–H groups in total. The summed E-state index contributed by atoms with van der Waals surface area (Å²) in [5.41, 5.74) is 5.76. The van der Waals surface area contributed by atoms with Gasteiger partial charge in [0.1, 0.15) is 23.7 Å². The van der Waals surface area contributed by atoms with Crippen LogP contribution in [0.15, 0.2) is 173 Å². The Balaban J connectivity index is 0.000000288. The van der Waals surface area contributed by atoms with E-state index in [1.54, 1.807) is 80.0 Å². The number of benzene rings is 4. The molecule has 85 heavy (non-hydrogen) atoms. The Hall–Kier alpha value is -5.19. The van der Waals surface area contributed by atoms with Gasteiger partial charge in [0.25, 0.3) is 29.2 Å². The molecule has 4 unspecified atom stereocenters. The molecule has 0 spiro atoms. The van der Waals surface area contributed by atoms with Gasteiger partial charge >= 0.3 is 10.2 Å². The van der Waals surface area contributed by atoms with E-state index in [4.69, 9.17) is 0 Å². The number of hydrogen-bond donors (Lipinski definition) is 4. The van der Waals surface area contributed by atoms with Crippen LogP contribution in [0.5, 0.6) is 0 Å². The zero-order valence-electron chi connectivity index (χ0n) is 45.8. The molecule has 4 aliphatic rings. The van der Waals surface area contributed by atoms with Gasteiger partial charge < -0.3 is 4.90 Å². The van der Waals surface area contributed by atoms with E-state index >= 15 is 0 Å². The number of carbonyl (C=O) groups excluding carboxylic acids is 4. The van der Waals surface area contributed by atoms with Crippen LogP contribution in [0.25, 0.3) is 0 Å². The summed E-state index contributed by atoms with van der Waals surface area (Å²) in [7, 11) is 1.23. The molecule has 4 aliphatic heterocycles. The molecule has 0 saturated heterocycles. The van der Waals surface area contributed by atoms with E-state index in [2.05, 4.69) is 116 Å². The molecule has 460 valence electrons. The molecule has 1 aromatic heterocycles. The zero-order chi connectivity index (χ0) is 62.7. The van der Waals surface area contributed by atoms with Crippen molar-refractivity contribution >= 4 is 165 Å². The number of carbonyl (C=O) groups is 4. The first-order valence-corrected chi connectivity index (χ1v) is 35.8. The van der Waals surface area contributed by atoms with Crippen molar-refractivity contribution in [3.05, 3.63) is 207 Å². The normalized spacial score (nSPS) is 18.2. The summed E-state index contributed by atoms with van der Waals surface area (Å²) in [4.78, 5) is 64.6. The van der Waals surface area contributed by atoms with Crippen LogP contribution in [0.2, 0.25) is 0 Å². The van der Waals surface area contributed by atoms with Crippen molar-refractivity contribution in [3.63, 3.8) is 0 Å². The molecule has 5 heterocycles. The van der Waals surface area contributed by atoms with Gasteiger partial charge in [-0.25, -0.2) is 30.6 Å². The maximum atomic E-state index is 13.2. The summed E-state index contributed by atoms with van der Waals surface area (Å²) < 4.78 is 88.5. The highest BCUT2D eigenvalue weighted by Gasteiger charge is 2.39. The Morgan fingerprint density at radius 3 is 1.66 bits per heavy atom. The first-order valence-electron chi connectivity index (χ1n) is 24.2. The molecule has 0 fully saturated rings. The molecule has 5 aromatic rings. The zero-order valence-corrected chi connectivity index (χ0v) is 58.6. The van der Waals surface area contributed by atoms with Crippen LogP contribution in [0, 0.1) is 5.82 Å². The maximum Gasteiger partial charge on any atom is 0.328 e. The summed E-state index contributed by atoms with van der Waals surface area (Å²) in [5.74, 6) is -1.20. The molecule has 21 nitrogen and oxygen atoms in total. The number of aromatic nitrogens is 2. The smallest absolute Gasteiger partial charge is 0.328 e. The van der Waals surface area contributed by atoms with Crippen molar-refractivity contribution in [3.8, 4) is 0 Å². The third-order valence-corrected chi connectivity index (χ3v) is 20.1. The summed E-state index contributed by atoms with van der Waals surface area (Å²) in [6.07, 6.45) is 2.87. The molecular weight excluding hydrogens is 1580 g/mol. The number of nitrogens with zero attached hydrogens (tertiary/aromatic N) is 7. The molecule has 0 saturated carbocycles. The van der Waals surface area contributed by atoms with Crippen LogP contribution in [0.4, 0.5) is 10.3 Å². The van der Waals surface area contributed by atoms with Crippen molar-refractivity contribution in [2.75, 3.05) is 26.0 Å². The van der Waals surface area contributed by atoms with Crippen LogP contribution >= 0.6 is 92.0 Å². The lowest BCUT2D eigenvalue weighted by Gasteiger charge is -2.34. The summed E-state index contributed by atoms with van der Waals surface area (Å²) in [5, 5.41) is 0. The highest BCUT2D eigenvalue weighted by Crippen LogP contribution is 2.31. The lowest BCUT2D eigenvalue weighted by atomic mass is 10.1. The van der Waals surface area contributed by atoms with Crippen molar-refractivity contribution in [1.29, 1.82) is 0 Å². The summed E-state index contributed by atoms with van der Waals surface area (Å²) in [6.45, 7) is 9.57. The van der Waals surface area contributed by atoms with Crippen LogP contribution in [-0.4, -0.2) is 92.6 Å². The second-order valence-corrected chi connectivity index (χ2v) is 26.1. The summed E-state index contributed by atoms with van der Waals surface area (Å²) in [6, 6.07) is 34.4. The number of hydrogen-bond acceptors (Lipinski definition) is 12. The number of nitrogens with one attached hydrogen (secondary N) is 4. The fraction of sp³-hybridized carbons (Fsp3) is 0.245. The minimum Gasteiger partial charge on any atom is -0.341 e. The van der Waals surface area contributed by atoms with E-state index in [0.29, 0.717) is 55.3 Å². The van der Waals surface area contributed by atoms with Gasteiger partial charge in [-0.1, -0.05) is 111 Å². The van der Waals surface area contributed by atoms with E-state index in [9.17, 15) is 49.4 Å². The second kappa shape index (κ2) is 35.0. The SMILES string of the molecule is BrBr.C.CC(c1ccc(F)cc1)n1c(N(C)Cc2ccccc2)ncc(Br)c1=O.CC1=C(Br)C(=O)N(Cc2ccccc2)S(=O)(=O)N1C.CC1=C(Br)C(=O)N(Cc2ccccc2)S(=O)N1C.CC1=C(Br)C(=O)NS(=O)N1.CC1=CC(=O)NS(=O)N1. The lowest BCUT2D eigenvalue weighted by molar-refractivity contribution is -0.123. The average Bonchev–Trinajstić information content (AvgIpc) is 3.11. The van der Waals surface area contributed by atoms with Gasteiger partial charge in [-0.3, -0.25) is 56.0 Å². The predicted molar refractivity (Wildman–Crippen MR) is 354 cm³/mol. The summed E-state index contributed by atoms with van der Waals surface area (Å²) >= 11 is 13.8. The van der Waals surface area contributed by atoms with Crippen LogP contribution in [0.1, 0.15) is 70.3 Å². The monoisotopic (exact) mass is 1630 g/mol. The Morgan fingerprint density at radius 2 is 1.15 bits per heavy atom. The maximum absolute atomic E-state index is 13.2. The van der Waals surface area contributed by atoms with E-state index in [1.165, 1.54) is 35.8 Å². The number of allylic oxidation sites excluding steroid dienone is 4. The Bertz CT molecular complexity index is 3580. The number of rotatable bonds is 9. The van der Waals surface area contributed by atoms with Gasteiger partial charge in [0.15, 0.2) is 0 Å². The van der Waals surface area contributed by atoms with Gasteiger partial charge in [0, 0.05) is 84.8 Å². The van der Waals surface area contributed by atoms with Gasteiger partial charge in [-0.05, 0) is 133 Å². The van der Waals surface area contributed by atoms with Gasteiger partial charge in [0.05, 0.1) is 25.3 Å². The number of anilines is 1. The van der Waals surface area contributed by atoms with Gasteiger partial charge in [-0.15, -0.1) is 0 Å². The quantitative estimate of drug-likeness (QED) is 0.108. The Labute approximate surface area is 550 Å². The predicted octanol–water partition coefficient (Wildman–Crippen LogP) is 9.81. The van der Waals surface area contributed by atoms with E-state index in [0.717, 1.165) is 30.9 Å². The minimum atomic E-state index is -3.80. The largest absolute Gasteiger partial charge is 0.341 e. The highest BCUT2D eigenvalue weighted by molar-refractivity contribution is 9.93. The third kappa shape index (κ3) is 20.7. The molecule has 0 radical (unpaired) electrons. The first-order chi connectivity index (χ1) is 39.6. The van der Waals surface area contributed by atoms with Crippen molar-refractivity contribution in [2.24, 2.45) is 0 Å². The fourth-order valence-electron chi connectivity index (χ4n) is 7.26. The van der Waals surface area contributed by atoms with Gasteiger partial charge in [0.2, 0.25) is 39.5 Å². The standard InChI is InChI=1S/C20H19BrFN3O.C12H13BrN2O3S.C12H13BrN2O2S.C4H5BrN2O2S.C4H6N2O2S.CH4.Br2/c1-14(16-8-10-17(22)11-9-16)25-19(26)18(21)12-23-20(25)24(2)13-15-6-4-3-5-7-15;1-9-11(13)12(16)15(19(17,18)14(9)2)8-10-6-4-3-5-7-10;1-9-11(13)12(16)15(18(17)14(9)2)8-10-6-4-3-5-7-10;1-2-3(5)4(8)7-10(9)6-2;1-3-2-4(7)6-9(8)5-3;;1-2/h3-12,14H,13H2,1-2H3;3-7H,8H2,1-2H3;3-7H,8H2,1-2H3;6H,1H3,(H,7,8);2,5H,1H3,(H,6,7);1H4;. The van der Waals surface area contributed by atoms with Gasteiger partial charge in [-0.2, -0.15) is 8.42 Å². The Kier molecular flexibility index (Phi) is 30.5. The average molecular weight is 1640 g/mol. The molecule has 32 heteroatoms. The van der Waals surface area contributed by atoms with E-state index in [-0.39, 0.29) is 53.6 Å². The Morgan fingerprint density at radius 1 is 0.659 bits per heavy atom. The molecule has 4 amide bonds. The van der Waals surface area contributed by atoms with E-state index in [1.807, 2.05) is 85.6 Å². The third-order valence-electron chi connectivity index (χ3n) is 11.8. The molecule has 9 rings (SSSR count). The molecule has 0 aliphatic carbocycles. The van der Waals surface area contributed by atoms with Crippen molar-refractivity contribution < 1.29 is 44.6 Å².